The van der Waals surface area contributed by atoms with E-state index in [0.29, 0.717) is 40.3 Å². The van der Waals surface area contributed by atoms with Crippen LogP contribution in [-0.4, -0.2) is 33.6 Å². The van der Waals surface area contributed by atoms with Gasteiger partial charge in [-0.05, 0) is 71.8 Å². The molecule has 0 saturated carbocycles. The maximum absolute atomic E-state index is 6.75. The summed E-state index contributed by atoms with van der Waals surface area (Å²) < 4.78 is 13.5. The molecule has 0 aliphatic rings. The van der Waals surface area contributed by atoms with Gasteiger partial charge in [-0.1, -0.05) is 152 Å². The molecule has 5 aromatic heterocycles. The molecule has 0 amide bonds. The third-order valence-electron chi connectivity index (χ3n) is 13.0. The molecule has 14 aromatic rings. The van der Waals surface area contributed by atoms with Gasteiger partial charge in [0.2, 0.25) is 17.8 Å². The van der Waals surface area contributed by atoms with Crippen LogP contribution in [0.25, 0.3) is 128 Å². The summed E-state index contributed by atoms with van der Waals surface area (Å²) in [5, 5.41) is 6.72. The van der Waals surface area contributed by atoms with Gasteiger partial charge in [-0.15, -0.1) is 0 Å². The topological polar surface area (TPSA) is 79.5 Å². The molecule has 0 aliphatic heterocycles. The zero-order valence-electron chi connectivity index (χ0n) is 35.2. The molecule has 0 bridgehead atoms. The van der Waals surface area contributed by atoms with Crippen molar-refractivity contribution in [1.29, 1.82) is 0 Å². The lowest BCUT2D eigenvalue weighted by Gasteiger charge is -2.14. The zero-order valence-corrected chi connectivity index (χ0v) is 35.2. The number of benzene rings is 9. The van der Waals surface area contributed by atoms with Crippen molar-refractivity contribution in [3.8, 4) is 51.6 Å². The van der Waals surface area contributed by atoms with Crippen LogP contribution < -0.4 is 0 Å². The number of hydrogen-bond acceptors (Lipinski definition) is 5. The minimum atomic E-state index is 0.464. The molecule has 0 spiro atoms. The summed E-state index contributed by atoms with van der Waals surface area (Å²) in [7, 11) is 0. The molecule has 0 unspecified atom stereocenters. The molecular weight excluding hydrogens is 811 g/mol. The normalized spacial score (nSPS) is 11.9. The first-order valence-electron chi connectivity index (χ1n) is 22.1. The average Bonchev–Trinajstić information content (AvgIpc) is 4.15. The van der Waals surface area contributed by atoms with Gasteiger partial charge in [0.25, 0.3) is 0 Å². The van der Waals surface area contributed by atoms with Gasteiger partial charge in [-0.2, -0.15) is 15.0 Å². The lowest BCUT2D eigenvalue weighted by Crippen LogP contribution is -2.10. The number of fused-ring (bicyclic) bond motifs is 11. The molecule has 14 rings (SSSR count). The summed E-state index contributed by atoms with van der Waals surface area (Å²) in [6.07, 6.45) is 0. The van der Waals surface area contributed by atoms with Gasteiger partial charge in [0.1, 0.15) is 5.52 Å². The predicted molar refractivity (Wildman–Crippen MR) is 267 cm³/mol. The number of rotatable bonds is 6. The van der Waals surface area contributed by atoms with Gasteiger partial charge in [-0.3, -0.25) is 9.13 Å². The van der Waals surface area contributed by atoms with Crippen molar-refractivity contribution in [2.75, 3.05) is 0 Å². The highest BCUT2D eigenvalue weighted by Crippen LogP contribution is 2.42. The van der Waals surface area contributed by atoms with Crippen molar-refractivity contribution in [3.63, 3.8) is 0 Å². The van der Waals surface area contributed by atoms with E-state index in [4.69, 9.17) is 24.4 Å². The van der Waals surface area contributed by atoms with Gasteiger partial charge >= 0.3 is 0 Å². The summed E-state index contributed by atoms with van der Waals surface area (Å²) in [4.78, 5) is 21.4. The van der Waals surface area contributed by atoms with E-state index in [1.807, 2.05) is 24.3 Å². The Bertz CT molecular complexity index is 4170. The molecule has 0 fully saturated rings. The lowest BCUT2D eigenvalue weighted by molar-refractivity contribution is 0.620. The molecule has 0 aliphatic carbocycles. The van der Waals surface area contributed by atoms with E-state index in [0.717, 1.165) is 82.4 Å². The molecule has 0 saturated heterocycles. The maximum atomic E-state index is 6.75. The van der Waals surface area contributed by atoms with Crippen LogP contribution in [0.2, 0.25) is 0 Å². The van der Waals surface area contributed by atoms with Crippen LogP contribution in [0.1, 0.15) is 0 Å². The van der Waals surface area contributed by atoms with Crippen LogP contribution in [-0.2, 0) is 0 Å². The Labute approximate surface area is 376 Å². The van der Waals surface area contributed by atoms with Crippen LogP contribution in [0, 0.1) is 0 Å². The lowest BCUT2D eigenvalue weighted by atomic mass is 10.0. The van der Waals surface area contributed by atoms with Crippen LogP contribution in [0.15, 0.2) is 217 Å². The SMILES string of the molecule is c1ccc(-c2ccc(-c3nc4cccc(-c5nc(-n6c7ccccc7c7ccccc76)nc(-n6c7ccccc7c7ccc8c9ccccc9n(-c9ccccc9)c8c76)n5)c4o3)cc2)cc1. The average molecular weight is 846 g/mol. The van der Waals surface area contributed by atoms with E-state index in [9.17, 15) is 0 Å². The van der Waals surface area contributed by atoms with Gasteiger partial charge in [0.15, 0.2) is 11.4 Å². The van der Waals surface area contributed by atoms with Gasteiger partial charge < -0.3 is 8.98 Å². The third kappa shape index (κ3) is 5.39. The fourth-order valence-electron chi connectivity index (χ4n) is 10.1. The number of oxazole rings is 1. The van der Waals surface area contributed by atoms with Crippen molar-refractivity contribution < 1.29 is 4.42 Å². The Morgan fingerprint density at radius 3 is 1.41 bits per heavy atom. The highest BCUT2D eigenvalue weighted by Gasteiger charge is 2.25. The summed E-state index contributed by atoms with van der Waals surface area (Å²) in [5.74, 6) is 1.95. The second kappa shape index (κ2) is 14.2. The van der Waals surface area contributed by atoms with Crippen molar-refractivity contribution in [2.45, 2.75) is 0 Å². The summed E-state index contributed by atoms with van der Waals surface area (Å²) >= 11 is 0. The first-order chi connectivity index (χ1) is 32.7. The van der Waals surface area contributed by atoms with Crippen LogP contribution in [0.4, 0.5) is 0 Å². The van der Waals surface area contributed by atoms with Crippen LogP contribution in [0.3, 0.4) is 0 Å². The van der Waals surface area contributed by atoms with E-state index in [1.54, 1.807) is 0 Å². The monoisotopic (exact) mass is 845 g/mol. The third-order valence-corrected chi connectivity index (χ3v) is 13.0. The molecule has 66 heavy (non-hydrogen) atoms. The molecule has 308 valence electrons. The Morgan fingerprint density at radius 1 is 0.318 bits per heavy atom. The Kier molecular flexibility index (Phi) is 7.81. The molecule has 8 nitrogen and oxygen atoms in total. The smallest absolute Gasteiger partial charge is 0.240 e. The molecule has 5 heterocycles. The standard InChI is InChI=1S/C58H35N7O/c1-3-16-36(17-4-1)37-30-32-38(33-31-37)56-59-47-25-15-24-46(54(47)66-56)55-60-57(64-49-27-12-7-20-40(49)41-21-8-13-28-50(41)64)62-58(61-55)65-51-29-14-10-23-43(51)45-35-34-44-42-22-9-11-26-48(42)63(52(44)53(45)65)39-18-5-2-6-19-39/h1-35H. The maximum Gasteiger partial charge on any atom is 0.240 e. The van der Waals surface area contributed by atoms with Crippen molar-refractivity contribution in [3.05, 3.63) is 212 Å². The number of aromatic nitrogens is 7. The highest BCUT2D eigenvalue weighted by molar-refractivity contribution is 6.23. The molecule has 0 N–H and O–H groups in total. The molecule has 8 heteroatoms. The van der Waals surface area contributed by atoms with Crippen LogP contribution >= 0.6 is 0 Å². The van der Waals surface area contributed by atoms with Crippen molar-refractivity contribution in [1.82, 2.24) is 33.6 Å². The van der Waals surface area contributed by atoms with E-state index in [-0.39, 0.29) is 0 Å². The number of hydrogen-bond donors (Lipinski definition) is 0. The molecule has 0 radical (unpaired) electrons. The second-order valence-electron chi connectivity index (χ2n) is 16.6. The van der Waals surface area contributed by atoms with Gasteiger partial charge in [0, 0.05) is 43.6 Å². The summed E-state index contributed by atoms with van der Waals surface area (Å²) in [5.41, 5.74) is 12.4. The summed E-state index contributed by atoms with van der Waals surface area (Å²) in [6, 6.07) is 73.8. The Morgan fingerprint density at radius 2 is 0.788 bits per heavy atom. The Balaban J connectivity index is 1.07. The van der Waals surface area contributed by atoms with E-state index < -0.39 is 0 Å². The first kappa shape index (κ1) is 36.4. The largest absolute Gasteiger partial charge is 0.435 e. The minimum absolute atomic E-state index is 0.464. The number of nitrogens with zero attached hydrogens (tertiary/aromatic N) is 7. The van der Waals surface area contributed by atoms with Crippen molar-refractivity contribution in [2.24, 2.45) is 0 Å². The Hall–Kier alpha value is -9.14. The van der Waals surface area contributed by atoms with Crippen LogP contribution in [0.5, 0.6) is 0 Å². The fraction of sp³-hybridized carbons (Fsp3) is 0. The minimum Gasteiger partial charge on any atom is -0.435 e. The quantitative estimate of drug-likeness (QED) is 0.167. The zero-order chi connectivity index (χ0) is 43.3. The van der Waals surface area contributed by atoms with E-state index >= 15 is 0 Å². The highest BCUT2D eigenvalue weighted by atomic mass is 16.3. The molecule has 9 aromatic carbocycles. The van der Waals surface area contributed by atoms with E-state index in [1.165, 1.54) is 5.39 Å². The molecular formula is C58H35N7O. The second-order valence-corrected chi connectivity index (χ2v) is 16.6. The number of para-hydroxylation sites is 6. The van der Waals surface area contributed by atoms with Gasteiger partial charge in [0.05, 0.1) is 38.7 Å². The first-order valence-corrected chi connectivity index (χ1v) is 22.1. The van der Waals surface area contributed by atoms with Crippen molar-refractivity contribution >= 4 is 76.5 Å². The summed E-state index contributed by atoms with van der Waals surface area (Å²) in [6.45, 7) is 0. The predicted octanol–water partition coefficient (Wildman–Crippen LogP) is 14.3. The fourth-order valence-corrected chi connectivity index (χ4v) is 10.1. The van der Waals surface area contributed by atoms with Gasteiger partial charge in [-0.25, -0.2) is 4.98 Å². The van der Waals surface area contributed by atoms with E-state index in [2.05, 4.69) is 202 Å². The molecule has 0 atom stereocenters.